The second-order valence-electron chi connectivity index (χ2n) is 4.69. The Labute approximate surface area is 99.6 Å². The summed E-state index contributed by atoms with van der Waals surface area (Å²) in [5, 5.41) is 8.82. The summed E-state index contributed by atoms with van der Waals surface area (Å²) in [6.45, 7) is 0.628. The molecule has 1 unspecified atom stereocenters. The van der Waals surface area contributed by atoms with Crippen molar-refractivity contribution in [3.8, 4) is 0 Å². The SMILES string of the molecule is O=C(O)C1CCC(N2CC(Cl)CC2=O)CC1. The Balaban J connectivity index is 1.89. The van der Waals surface area contributed by atoms with Crippen LogP contribution in [0.25, 0.3) is 0 Å². The quantitative estimate of drug-likeness (QED) is 0.750. The van der Waals surface area contributed by atoms with Crippen LogP contribution in [0.15, 0.2) is 0 Å². The van der Waals surface area contributed by atoms with Crippen LogP contribution in [0.4, 0.5) is 0 Å². The van der Waals surface area contributed by atoms with Crippen molar-refractivity contribution in [3.05, 3.63) is 0 Å². The summed E-state index contributed by atoms with van der Waals surface area (Å²) in [7, 11) is 0. The third-order valence-corrected chi connectivity index (χ3v) is 3.89. The van der Waals surface area contributed by atoms with E-state index in [1.807, 2.05) is 4.90 Å². The number of aliphatic carboxylic acids is 1. The molecule has 1 saturated carbocycles. The summed E-state index contributed by atoms with van der Waals surface area (Å²) in [4.78, 5) is 24.3. The van der Waals surface area contributed by atoms with Crippen molar-refractivity contribution >= 4 is 23.5 Å². The Hall–Kier alpha value is -0.770. The largest absolute Gasteiger partial charge is 0.481 e. The van der Waals surface area contributed by atoms with Crippen molar-refractivity contribution in [1.29, 1.82) is 0 Å². The van der Waals surface area contributed by atoms with E-state index in [1.165, 1.54) is 0 Å². The number of carbonyl (C=O) groups excluding carboxylic acids is 1. The van der Waals surface area contributed by atoms with Gasteiger partial charge in [0.2, 0.25) is 5.91 Å². The zero-order valence-corrected chi connectivity index (χ0v) is 9.82. The molecule has 16 heavy (non-hydrogen) atoms. The van der Waals surface area contributed by atoms with Crippen LogP contribution in [0.2, 0.25) is 0 Å². The lowest BCUT2D eigenvalue weighted by Crippen LogP contribution is -2.40. The second kappa shape index (κ2) is 4.62. The molecule has 0 aromatic rings. The Morgan fingerprint density at radius 1 is 1.31 bits per heavy atom. The van der Waals surface area contributed by atoms with Gasteiger partial charge in [-0.25, -0.2) is 0 Å². The number of halogens is 1. The Morgan fingerprint density at radius 3 is 2.38 bits per heavy atom. The van der Waals surface area contributed by atoms with Crippen molar-refractivity contribution in [2.45, 2.75) is 43.5 Å². The van der Waals surface area contributed by atoms with Crippen LogP contribution in [0.5, 0.6) is 0 Å². The number of likely N-dealkylation sites (tertiary alicyclic amines) is 1. The number of carboxylic acid groups (broad SMARTS) is 1. The van der Waals surface area contributed by atoms with Crippen molar-refractivity contribution in [3.63, 3.8) is 0 Å². The molecule has 1 aliphatic heterocycles. The second-order valence-corrected chi connectivity index (χ2v) is 5.31. The molecule has 1 N–H and O–H groups in total. The van der Waals surface area contributed by atoms with E-state index in [0.29, 0.717) is 25.8 Å². The monoisotopic (exact) mass is 245 g/mol. The van der Waals surface area contributed by atoms with Gasteiger partial charge in [-0.05, 0) is 25.7 Å². The lowest BCUT2D eigenvalue weighted by molar-refractivity contribution is -0.143. The first-order valence-corrected chi connectivity index (χ1v) is 6.18. The first kappa shape index (κ1) is 11.7. The molecule has 2 fully saturated rings. The number of amides is 1. The van der Waals surface area contributed by atoms with E-state index < -0.39 is 5.97 Å². The molecule has 0 aromatic heterocycles. The highest BCUT2D eigenvalue weighted by Crippen LogP contribution is 2.31. The van der Waals surface area contributed by atoms with Crippen LogP contribution >= 0.6 is 11.6 Å². The summed E-state index contributed by atoms with van der Waals surface area (Å²) in [6.07, 6.45) is 3.38. The van der Waals surface area contributed by atoms with Crippen LogP contribution in [-0.2, 0) is 9.59 Å². The number of carbonyl (C=O) groups is 2. The number of rotatable bonds is 2. The predicted molar refractivity (Wildman–Crippen MR) is 59.4 cm³/mol. The molecule has 2 aliphatic rings. The average Bonchev–Trinajstić information content (AvgIpc) is 2.58. The first-order valence-electron chi connectivity index (χ1n) is 5.74. The van der Waals surface area contributed by atoms with Crippen LogP contribution < -0.4 is 0 Å². The van der Waals surface area contributed by atoms with E-state index in [4.69, 9.17) is 16.7 Å². The maximum Gasteiger partial charge on any atom is 0.306 e. The molecule has 2 rings (SSSR count). The highest BCUT2D eigenvalue weighted by atomic mass is 35.5. The van der Waals surface area contributed by atoms with E-state index in [1.54, 1.807) is 0 Å². The van der Waals surface area contributed by atoms with Gasteiger partial charge in [0.1, 0.15) is 0 Å². The Morgan fingerprint density at radius 2 is 1.94 bits per heavy atom. The fraction of sp³-hybridized carbons (Fsp3) is 0.818. The van der Waals surface area contributed by atoms with Gasteiger partial charge in [0.25, 0.3) is 0 Å². The van der Waals surface area contributed by atoms with Crippen LogP contribution in [-0.4, -0.2) is 39.8 Å². The van der Waals surface area contributed by atoms with Gasteiger partial charge >= 0.3 is 5.97 Å². The van der Waals surface area contributed by atoms with Crippen LogP contribution in [0, 0.1) is 5.92 Å². The molecule has 1 amide bonds. The zero-order chi connectivity index (χ0) is 11.7. The molecule has 90 valence electrons. The topological polar surface area (TPSA) is 57.6 Å². The van der Waals surface area contributed by atoms with Gasteiger partial charge in [0.15, 0.2) is 0 Å². The molecule has 1 saturated heterocycles. The Bertz CT molecular complexity index is 300. The van der Waals surface area contributed by atoms with E-state index in [9.17, 15) is 9.59 Å². The normalized spacial score (nSPS) is 35.4. The smallest absolute Gasteiger partial charge is 0.306 e. The van der Waals surface area contributed by atoms with Crippen molar-refractivity contribution in [2.75, 3.05) is 6.54 Å². The first-order chi connectivity index (χ1) is 7.58. The van der Waals surface area contributed by atoms with Gasteiger partial charge in [-0.3, -0.25) is 9.59 Å². The van der Waals surface area contributed by atoms with Crippen LogP contribution in [0.1, 0.15) is 32.1 Å². The third-order valence-electron chi connectivity index (χ3n) is 3.60. The minimum Gasteiger partial charge on any atom is -0.481 e. The molecule has 0 spiro atoms. The summed E-state index contributed by atoms with van der Waals surface area (Å²) >= 11 is 5.94. The average molecular weight is 246 g/mol. The molecule has 0 aromatic carbocycles. The van der Waals surface area contributed by atoms with Gasteiger partial charge in [-0.1, -0.05) is 0 Å². The lowest BCUT2D eigenvalue weighted by Gasteiger charge is -2.33. The molecule has 4 nitrogen and oxygen atoms in total. The number of hydrogen-bond donors (Lipinski definition) is 1. The highest BCUT2D eigenvalue weighted by molar-refractivity contribution is 6.22. The summed E-state index contributed by atoms with van der Waals surface area (Å²) in [5.41, 5.74) is 0. The fourth-order valence-corrected chi connectivity index (χ4v) is 2.95. The molecule has 1 heterocycles. The lowest BCUT2D eigenvalue weighted by atomic mass is 9.85. The molecule has 0 radical (unpaired) electrons. The maximum atomic E-state index is 11.6. The number of hydrogen-bond acceptors (Lipinski definition) is 2. The van der Waals surface area contributed by atoms with E-state index in [0.717, 1.165) is 12.8 Å². The van der Waals surface area contributed by atoms with Gasteiger partial charge in [-0.15, -0.1) is 11.6 Å². The van der Waals surface area contributed by atoms with Gasteiger partial charge in [0, 0.05) is 19.0 Å². The minimum atomic E-state index is -0.707. The number of alkyl halides is 1. The van der Waals surface area contributed by atoms with Crippen molar-refractivity contribution in [2.24, 2.45) is 5.92 Å². The van der Waals surface area contributed by atoms with E-state index >= 15 is 0 Å². The Kier molecular flexibility index (Phi) is 3.38. The summed E-state index contributed by atoms with van der Waals surface area (Å²) < 4.78 is 0. The molecular formula is C11H16ClNO3. The van der Waals surface area contributed by atoms with Crippen molar-refractivity contribution in [1.82, 2.24) is 4.90 Å². The standard InChI is InChI=1S/C11H16ClNO3/c12-8-5-10(14)13(6-8)9-3-1-7(2-4-9)11(15)16/h7-9H,1-6H2,(H,15,16). The van der Waals surface area contributed by atoms with Gasteiger partial charge < -0.3 is 10.0 Å². The summed E-state index contributed by atoms with van der Waals surface area (Å²) in [6, 6.07) is 0.215. The number of nitrogens with zero attached hydrogens (tertiary/aromatic N) is 1. The maximum absolute atomic E-state index is 11.6. The molecule has 0 bridgehead atoms. The van der Waals surface area contributed by atoms with E-state index in [-0.39, 0.29) is 23.2 Å². The molecular weight excluding hydrogens is 230 g/mol. The van der Waals surface area contributed by atoms with E-state index in [2.05, 4.69) is 0 Å². The summed E-state index contributed by atoms with van der Waals surface area (Å²) in [5.74, 6) is -0.805. The van der Waals surface area contributed by atoms with Gasteiger partial charge in [-0.2, -0.15) is 0 Å². The van der Waals surface area contributed by atoms with Gasteiger partial charge in [0.05, 0.1) is 11.3 Å². The molecule has 1 aliphatic carbocycles. The zero-order valence-electron chi connectivity index (χ0n) is 9.06. The van der Waals surface area contributed by atoms with Crippen molar-refractivity contribution < 1.29 is 14.7 Å². The molecule has 1 atom stereocenters. The third kappa shape index (κ3) is 2.32. The molecule has 5 heteroatoms. The van der Waals surface area contributed by atoms with Crippen LogP contribution in [0.3, 0.4) is 0 Å². The number of carboxylic acids is 1. The fourth-order valence-electron chi connectivity index (χ4n) is 2.67. The minimum absolute atomic E-state index is 0.0651. The highest BCUT2D eigenvalue weighted by Gasteiger charge is 2.36. The predicted octanol–water partition coefficient (Wildman–Crippen LogP) is 1.47.